The normalized spacial score (nSPS) is 33.6. The summed E-state index contributed by atoms with van der Waals surface area (Å²) < 4.78 is 0. The van der Waals surface area contributed by atoms with E-state index < -0.39 is 5.97 Å². The monoisotopic (exact) mass is 771 g/mol. The van der Waals surface area contributed by atoms with Gasteiger partial charge < -0.3 is 21.3 Å². The molecular weight excluding hydrogens is 697 g/mol. The summed E-state index contributed by atoms with van der Waals surface area (Å²) in [6, 6.07) is 17.2. The van der Waals surface area contributed by atoms with Crippen LogP contribution >= 0.6 is 0 Å². The van der Waals surface area contributed by atoms with Gasteiger partial charge in [0, 0.05) is 6.54 Å². The summed E-state index contributed by atoms with van der Waals surface area (Å²) in [5.41, 5.74) is 7.95. The van der Waals surface area contributed by atoms with E-state index in [1.807, 2.05) is 6.92 Å². The molecule has 5 aliphatic rings. The Labute approximate surface area is 338 Å². The minimum atomic E-state index is -0.879. The van der Waals surface area contributed by atoms with E-state index >= 15 is 0 Å². The summed E-state index contributed by atoms with van der Waals surface area (Å²) in [5, 5.41) is 22.8. The van der Waals surface area contributed by atoms with Crippen molar-refractivity contribution in [2.75, 3.05) is 0 Å². The second kappa shape index (κ2) is 18.4. The van der Waals surface area contributed by atoms with Crippen LogP contribution in [0.25, 0.3) is 0 Å². The van der Waals surface area contributed by atoms with Crippen LogP contribution in [0.5, 0.6) is 0 Å². The number of carboxylic acid groups (broad SMARTS) is 1. The van der Waals surface area contributed by atoms with Crippen LogP contribution in [0.4, 0.5) is 0 Å². The van der Waals surface area contributed by atoms with Gasteiger partial charge in [0.25, 0.3) is 0 Å². The number of hydrogen-bond acceptors (Lipinski definition) is 4. The molecule has 9 unspecified atom stereocenters. The summed E-state index contributed by atoms with van der Waals surface area (Å²) in [7, 11) is 0. The van der Waals surface area contributed by atoms with Crippen molar-refractivity contribution < 1.29 is 24.6 Å². The Morgan fingerprint density at radius 1 is 0.839 bits per heavy atom. The van der Waals surface area contributed by atoms with Gasteiger partial charge >= 0.3 is 5.97 Å². The number of carbonyl (C=O) groups excluding carboxylic acids is 2. The molecule has 0 bridgehead atoms. The van der Waals surface area contributed by atoms with Gasteiger partial charge in [-0.1, -0.05) is 103 Å². The van der Waals surface area contributed by atoms with Gasteiger partial charge in [-0.2, -0.15) is 0 Å². The topological polar surface area (TPSA) is 130 Å². The summed E-state index contributed by atoms with van der Waals surface area (Å²) in [4.78, 5) is 32.9. The maximum atomic E-state index is 14.1. The molecule has 0 aliphatic heterocycles. The van der Waals surface area contributed by atoms with Crippen molar-refractivity contribution in [2.45, 2.75) is 145 Å². The third kappa shape index (κ3) is 9.46. The van der Waals surface area contributed by atoms with Gasteiger partial charge in [-0.05, 0) is 152 Å². The van der Waals surface area contributed by atoms with Gasteiger partial charge in [-0.25, -0.2) is 4.79 Å². The third-order valence-corrected chi connectivity index (χ3v) is 15.1. The number of nitrogens with one attached hydrogen (secondary N) is 1. The Hall–Kier alpha value is -3.45. The number of primary amides is 1. The number of fused-ring (bicyclic) bond motifs is 7. The van der Waals surface area contributed by atoms with E-state index in [-0.39, 0.29) is 28.8 Å². The molecule has 0 aromatic heterocycles. The largest absolute Gasteiger partial charge is 0.478 e. The molecule has 2 aromatic carbocycles. The summed E-state index contributed by atoms with van der Waals surface area (Å²) >= 11 is 0. The number of nitrogens with two attached hydrogens (primary N) is 1. The number of carboxylic acids is 1. The zero-order valence-electron chi connectivity index (χ0n) is 35.9. The maximum absolute atomic E-state index is 14.1. The lowest BCUT2D eigenvalue weighted by molar-refractivity contribution is -0.214. The Morgan fingerprint density at radius 2 is 1.46 bits per heavy atom. The van der Waals surface area contributed by atoms with E-state index in [4.69, 9.17) is 9.90 Å². The molecule has 2 amide bonds. The molecule has 7 nitrogen and oxygen atoms in total. The van der Waals surface area contributed by atoms with E-state index in [1.54, 1.807) is 36.4 Å². The molecule has 5 aliphatic carbocycles. The number of hydrogen-bond donors (Lipinski definition) is 4. The van der Waals surface area contributed by atoms with Crippen molar-refractivity contribution in [3.8, 4) is 0 Å². The first kappa shape index (κ1) is 45.3. The molecule has 5 fully saturated rings. The molecule has 0 spiro atoms. The minimum Gasteiger partial charge on any atom is -0.478 e. The van der Waals surface area contributed by atoms with Crippen molar-refractivity contribution in [2.24, 2.45) is 62.4 Å². The number of carbonyl (C=O) groups is 3. The van der Waals surface area contributed by atoms with Gasteiger partial charge in [0.2, 0.25) is 12.3 Å². The Kier molecular flexibility index (Phi) is 14.9. The fourth-order valence-electron chi connectivity index (χ4n) is 13.0. The molecular formula is C49H74N2O5. The number of rotatable bonds is 5. The molecule has 7 rings (SSSR count). The fourth-order valence-corrected chi connectivity index (χ4v) is 13.0. The first-order chi connectivity index (χ1) is 26.3. The number of aliphatic hydroxyl groups excluding tert-OH is 1. The molecule has 0 saturated heterocycles. The van der Waals surface area contributed by atoms with Crippen LogP contribution in [0.2, 0.25) is 0 Å². The van der Waals surface area contributed by atoms with Crippen molar-refractivity contribution in [3.63, 3.8) is 0 Å². The minimum absolute atomic E-state index is 0.0166. The molecule has 5 saturated carbocycles. The van der Waals surface area contributed by atoms with Gasteiger partial charge in [0.15, 0.2) is 0 Å². The van der Waals surface area contributed by atoms with E-state index in [0.29, 0.717) is 46.6 Å². The van der Waals surface area contributed by atoms with Crippen LogP contribution in [0, 0.1) is 56.7 Å². The summed E-state index contributed by atoms with van der Waals surface area (Å²) in [6.45, 7) is 22.7. The van der Waals surface area contributed by atoms with Crippen LogP contribution < -0.4 is 11.1 Å². The molecule has 0 radical (unpaired) electrons. The van der Waals surface area contributed by atoms with Crippen LogP contribution in [0.15, 0.2) is 67.3 Å². The average molecular weight is 771 g/mol. The zero-order chi connectivity index (χ0) is 41.5. The second-order valence-corrected chi connectivity index (χ2v) is 20.0. The highest BCUT2D eigenvalue weighted by atomic mass is 16.4. The lowest BCUT2D eigenvalue weighted by Crippen LogP contribution is -2.63. The Bertz CT molecular complexity index is 1630. The molecule has 310 valence electrons. The second-order valence-electron chi connectivity index (χ2n) is 20.0. The highest BCUT2D eigenvalue weighted by Gasteiger charge is 2.67. The summed E-state index contributed by atoms with van der Waals surface area (Å²) in [6.07, 6.45) is 16.1. The number of benzene rings is 2. The highest BCUT2D eigenvalue weighted by Crippen LogP contribution is 2.73. The smallest absolute Gasteiger partial charge is 0.335 e. The highest BCUT2D eigenvalue weighted by molar-refractivity contribution is 5.87. The number of aromatic carboxylic acids is 1. The quantitative estimate of drug-likeness (QED) is 0.178. The summed E-state index contributed by atoms with van der Waals surface area (Å²) in [5.74, 6) is 2.87. The lowest BCUT2D eigenvalue weighted by atomic mass is 9.36. The van der Waals surface area contributed by atoms with Crippen LogP contribution in [-0.2, 0) is 22.6 Å². The lowest BCUT2D eigenvalue weighted by Gasteiger charge is -2.69. The predicted octanol–water partition coefficient (Wildman–Crippen LogP) is 10.4. The number of allylic oxidation sites excluding steroid dienone is 1. The van der Waals surface area contributed by atoms with Crippen molar-refractivity contribution in [3.05, 3.63) is 83.9 Å². The van der Waals surface area contributed by atoms with E-state index in [1.165, 1.54) is 62.5 Å². The maximum Gasteiger partial charge on any atom is 0.335 e. The number of aliphatic hydroxyl groups is 1. The average Bonchev–Trinajstić information content (AvgIpc) is 3.59. The molecule has 5 N–H and O–H groups in total. The third-order valence-electron chi connectivity index (χ3n) is 15.1. The standard InChI is InChI=1S/C38H59NO2.C7H6O2.C3H6.CH3NO/c1-34(2,3)23-25-10-8-11-26(22-25)24-39-33(41)38-18-9-12-29(38)27-13-14-31-36(6,28(27)15-21-38)19-16-30-35(4,5)32(40)17-20-37(30,31)7;8-7(9)6-4-2-1-3-5-6;1-3-2;2-1-3/h8,10-11,22,27-32,40H,9,12-21,23-24H2,1-7H3,(H,39,41);1-5H,(H,8,9);3H,1H2,2H3;1H,(H2,2,3). The van der Waals surface area contributed by atoms with Gasteiger partial charge in [0.05, 0.1) is 17.1 Å². The van der Waals surface area contributed by atoms with Gasteiger partial charge in [0.1, 0.15) is 0 Å². The van der Waals surface area contributed by atoms with Gasteiger partial charge in [-0.3, -0.25) is 9.59 Å². The fraction of sp³-hybridized carbons (Fsp3) is 0.653. The molecule has 0 heterocycles. The number of amides is 2. The molecule has 7 heteroatoms. The van der Waals surface area contributed by atoms with Crippen LogP contribution in [-0.4, -0.2) is 34.6 Å². The molecule has 2 aromatic rings. The van der Waals surface area contributed by atoms with Crippen LogP contribution in [0.1, 0.15) is 148 Å². The zero-order valence-corrected chi connectivity index (χ0v) is 35.9. The van der Waals surface area contributed by atoms with E-state index in [0.717, 1.165) is 37.5 Å². The molecule has 56 heavy (non-hydrogen) atoms. The Morgan fingerprint density at radius 3 is 2.07 bits per heavy atom. The first-order valence-electron chi connectivity index (χ1n) is 21.4. The van der Waals surface area contributed by atoms with Crippen molar-refractivity contribution >= 4 is 18.3 Å². The van der Waals surface area contributed by atoms with Gasteiger partial charge in [-0.15, -0.1) is 6.58 Å². The predicted molar refractivity (Wildman–Crippen MR) is 228 cm³/mol. The van der Waals surface area contributed by atoms with Crippen molar-refractivity contribution in [1.29, 1.82) is 0 Å². The molecule has 9 atom stereocenters. The Balaban J connectivity index is 0.000000393. The van der Waals surface area contributed by atoms with Crippen LogP contribution in [0.3, 0.4) is 0 Å². The SMILES string of the molecule is C=CC.CC(C)(C)Cc1cccc(CNC(=O)C23CCCC2C2CCC4C(C)(CCC5C(C)(C)C(O)CCC54C)C2CC3)c1.NC=O.O=C(O)c1ccccc1. The van der Waals surface area contributed by atoms with Crippen molar-refractivity contribution in [1.82, 2.24) is 5.32 Å². The van der Waals surface area contributed by atoms with E-state index in [9.17, 15) is 14.7 Å². The first-order valence-corrected chi connectivity index (χ1v) is 21.4. The van der Waals surface area contributed by atoms with E-state index in [2.05, 4.69) is 90.4 Å².